The molecule has 1 saturated carbocycles. The zero-order chi connectivity index (χ0) is 10.4. The first-order valence-electron chi connectivity index (χ1n) is 5.74. The van der Waals surface area contributed by atoms with E-state index in [1.807, 2.05) is 0 Å². The van der Waals surface area contributed by atoms with Crippen LogP contribution in [-0.4, -0.2) is 35.0 Å². The second kappa shape index (κ2) is 5.69. The van der Waals surface area contributed by atoms with E-state index < -0.39 is 5.60 Å². The van der Waals surface area contributed by atoms with Crippen LogP contribution in [0.3, 0.4) is 0 Å². The Hall–Kier alpha value is -0.120. The van der Waals surface area contributed by atoms with Crippen LogP contribution in [-0.2, 0) is 0 Å². The molecule has 0 amide bonds. The van der Waals surface area contributed by atoms with Gasteiger partial charge in [0.2, 0.25) is 0 Å². The van der Waals surface area contributed by atoms with Gasteiger partial charge < -0.3 is 15.5 Å². The Labute approximate surface area is 86.5 Å². The molecule has 84 valence electrons. The summed E-state index contributed by atoms with van der Waals surface area (Å²) in [4.78, 5) is 0. The fourth-order valence-electron chi connectivity index (χ4n) is 2.08. The third-order valence-corrected chi connectivity index (χ3v) is 2.93. The maximum Gasteiger partial charge on any atom is 0.0771 e. The Morgan fingerprint density at radius 3 is 2.29 bits per heavy atom. The van der Waals surface area contributed by atoms with Crippen molar-refractivity contribution in [3.63, 3.8) is 0 Å². The van der Waals surface area contributed by atoms with Crippen molar-refractivity contribution in [2.45, 2.75) is 57.2 Å². The first-order chi connectivity index (χ1) is 6.62. The van der Waals surface area contributed by atoms with E-state index in [4.69, 9.17) is 5.11 Å². The fraction of sp³-hybridized carbons (Fsp3) is 1.00. The fourth-order valence-corrected chi connectivity index (χ4v) is 2.08. The molecule has 14 heavy (non-hydrogen) atoms. The van der Waals surface area contributed by atoms with E-state index in [1.165, 1.54) is 12.8 Å². The van der Waals surface area contributed by atoms with Crippen LogP contribution in [0.4, 0.5) is 0 Å². The summed E-state index contributed by atoms with van der Waals surface area (Å²) in [5.74, 6) is 0. The highest BCUT2D eigenvalue weighted by Gasteiger charge is 2.27. The van der Waals surface area contributed by atoms with E-state index in [0.29, 0.717) is 13.1 Å². The highest BCUT2D eigenvalue weighted by molar-refractivity contribution is 4.83. The maximum absolute atomic E-state index is 10.2. The molecule has 1 rings (SSSR count). The highest BCUT2D eigenvalue weighted by atomic mass is 16.3. The minimum atomic E-state index is -0.522. The SMILES string of the molecule is C[C@H](O)CNCC1(O)CCCCCC1. The van der Waals surface area contributed by atoms with Crippen LogP contribution in [0.2, 0.25) is 0 Å². The Kier molecular flexibility index (Phi) is 4.85. The van der Waals surface area contributed by atoms with Gasteiger partial charge in [-0.3, -0.25) is 0 Å². The van der Waals surface area contributed by atoms with Crippen molar-refractivity contribution in [1.29, 1.82) is 0 Å². The van der Waals surface area contributed by atoms with Crippen molar-refractivity contribution in [3.05, 3.63) is 0 Å². The van der Waals surface area contributed by atoms with Crippen LogP contribution in [0.1, 0.15) is 45.4 Å². The van der Waals surface area contributed by atoms with Gasteiger partial charge in [-0.15, -0.1) is 0 Å². The standard InChI is InChI=1S/C11H23NO2/c1-10(13)8-12-9-11(14)6-4-2-3-5-7-11/h10,12-14H,2-9H2,1H3/t10-/m0/s1. The van der Waals surface area contributed by atoms with Gasteiger partial charge in [0.1, 0.15) is 0 Å². The normalized spacial score (nSPS) is 24.2. The predicted molar refractivity (Wildman–Crippen MR) is 57.2 cm³/mol. The van der Waals surface area contributed by atoms with E-state index in [-0.39, 0.29) is 6.10 Å². The molecular formula is C11H23NO2. The van der Waals surface area contributed by atoms with Crippen molar-refractivity contribution in [1.82, 2.24) is 5.32 Å². The van der Waals surface area contributed by atoms with Crippen LogP contribution >= 0.6 is 0 Å². The summed E-state index contributed by atoms with van der Waals surface area (Å²) in [5.41, 5.74) is -0.522. The molecule has 1 fully saturated rings. The van der Waals surface area contributed by atoms with Crippen molar-refractivity contribution in [2.24, 2.45) is 0 Å². The molecule has 0 unspecified atom stereocenters. The summed E-state index contributed by atoms with van der Waals surface area (Å²) in [7, 11) is 0. The minimum Gasteiger partial charge on any atom is -0.392 e. The first kappa shape index (κ1) is 12.0. The monoisotopic (exact) mass is 201 g/mol. The number of hydrogen-bond donors (Lipinski definition) is 3. The number of nitrogens with one attached hydrogen (secondary N) is 1. The molecule has 0 bridgehead atoms. The van der Waals surface area contributed by atoms with Gasteiger partial charge >= 0.3 is 0 Å². The average Bonchev–Trinajstić information content (AvgIpc) is 2.30. The van der Waals surface area contributed by atoms with Crippen LogP contribution in [0, 0.1) is 0 Å². The second-order valence-electron chi connectivity index (χ2n) is 4.62. The predicted octanol–water partition coefficient (Wildman–Crippen LogP) is 1.04. The van der Waals surface area contributed by atoms with Gasteiger partial charge in [0.25, 0.3) is 0 Å². The molecule has 0 aromatic heterocycles. The Morgan fingerprint density at radius 1 is 1.21 bits per heavy atom. The quantitative estimate of drug-likeness (QED) is 0.596. The molecule has 3 N–H and O–H groups in total. The molecule has 0 saturated heterocycles. The summed E-state index contributed by atoms with van der Waals surface area (Å²) < 4.78 is 0. The number of aliphatic hydroxyl groups excluding tert-OH is 1. The summed E-state index contributed by atoms with van der Waals surface area (Å²) in [6, 6.07) is 0. The molecule has 1 atom stereocenters. The van der Waals surface area contributed by atoms with Crippen LogP contribution in [0.15, 0.2) is 0 Å². The molecule has 0 heterocycles. The van der Waals surface area contributed by atoms with Gasteiger partial charge in [-0.1, -0.05) is 25.7 Å². The van der Waals surface area contributed by atoms with Crippen LogP contribution in [0.25, 0.3) is 0 Å². The molecule has 0 aliphatic heterocycles. The molecule has 3 heteroatoms. The van der Waals surface area contributed by atoms with Gasteiger partial charge in [-0.2, -0.15) is 0 Å². The zero-order valence-corrected chi connectivity index (χ0v) is 9.13. The lowest BCUT2D eigenvalue weighted by molar-refractivity contribution is 0.0229. The Balaban J connectivity index is 2.24. The third kappa shape index (κ3) is 4.40. The lowest BCUT2D eigenvalue weighted by atomic mass is 9.94. The van der Waals surface area contributed by atoms with Gasteiger partial charge in [0.15, 0.2) is 0 Å². The Bertz CT molecular complexity index is 151. The van der Waals surface area contributed by atoms with Gasteiger partial charge in [0, 0.05) is 13.1 Å². The van der Waals surface area contributed by atoms with Crippen molar-refractivity contribution < 1.29 is 10.2 Å². The van der Waals surface area contributed by atoms with Gasteiger partial charge in [-0.05, 0) is 19.8 Å². The number of aliphatic hydroxyl groups is 2. The molecular weight excluding hydrogens is 178 g/mol. The van der Waals surface area contributed by atoms with E-state index in [9.17, 15) is 5.11 Å². The highest BCUT2D eigenvalue weighted by Crippen LogP contribution is 2.26. The van der Waals surface area contributed by atoms with E-state index in [0.717, 1.165) is 25.7 Å². The van der Waals surface area contributed by atoms with Crippen LogP contribution in [0.5, 0.6) is 0 Å². The summed E-state index contributed by atoms with van der Waals surface area (Å²) >= 11 is 0. The van der Waals surface area contributed by atoms with Crippen molar-refractivity contribution >= 4 is 0 Å². The smallest absolute Gasteiger partial charge is 0.0771 e. The summed E-state index contributed by atoms with van der Waals surface area (Å²) in [5, 5.41) is 22.4. The van der Waals surface area contributed by atoms with Crippen molar-refractivity contribution in [3.8, 4) is 0 Å². The van der Waals surface area contributed by atoms with E-state index in [2.05, 4.69) is 5.32 Å². The molecule has 3 nitrogen and oxygen atoms in total. The first-order valence-corrected chi connectivity index (χ1v) is 5.74. The summed E-state index contributed by atoms with van der Waals surface area (Å²) in [6.45, 7) is 2.95. The molecule has 0 aromatic rings. The molecule has 0 spiro atoms. The maximum atomic E-state index is 10.2. The molecule has 0 aromatic carbocycles. The number of rotatable bonds is 4. The molecule has 1 aliphatic rings. The minimum absolute atomic E-state index is 0.329. The third-order valence-electron chi connectivity index (χ3n) is 2.93. The van der Waals surface area contributed by atoms with Gasteiger partial charge in [-0.25, -0.2) is 0 Å². The van der Waals surface area contributed by atoms with Gasteiger partial charge in [0.05, 0.1) is 11.7 Å². The van der Waals surface area contributed by atoms with Crippen molar-refractivity contribution in [2.75, 3.05) is 13.1 Å². The lowest BCUT2D eigenvalue weighted by Gasteiger charge is -2.27. The molecule has 1 aliphatic carbocycles. The lowest BCUT2D eigenvalue weighted by Crippen LogP contribution is -2.42. The Morgan fingerprint density at radius 2 is 1.79 bits per heavy atom. The molecule has 0 radical (unpaired) electrons. The van der Waals surface area contributed by atoms with E-state index in [1.54, 1.807) is 6.92 Å². The largest absolute Gasteiger partial charge is 0.392 e. The van der Waals surface area contributed by atoms with Crippen LogP contribution < -0.4 is 5.32 Å². The zero-order valence-electron chi connectivity index (χ0n) is 9.13. The summed E-state index contributed by atoms with van der Waals surface area (Å²) in [6.07, 6.45) is 6.24. The average molecular weight is 201 g/mol. The second-order valence-corrected chi connectivity index (χ2v) is 4.62. The topological polar surface area (TPSA) is 52.5 Å². The van der Waals surface area contributed by atoms with E-state index >= 15 is 0 Å². The number of hydrogen-bond acceptors (Lipinski definition) is 3.